The number of ether oxygens (including phenoxy) is 1. The summed E-state index contributed by atoms with van der Waals surface area (Å²) in [4.78, 5) is 15.0. The molecule has 3 N–H and O–H groups in total. The lowest BCUT2D eigenvalue weighted by Crippen LogP contribution is -2.54. The largest absolute Gasteiger partial charge is 0.481 e. The number of likely N-dealkylation sites (tertiary alicyclic amines) is 1. The molecule has 1 aromatic rings. The number of piperazine rings is 1. The number of aryl methyl sites for hydroxylation is 1. The Morgan fingerprint density at radius 3 is 2.42 bits per heavy atom. The quantitative estimate of drug-likeness (QED) is 0.285. The molecule has 2 unspecified atom stereocenters. The molecule has 3 aliphatic rings. The summed E-state index contributed by atoms with van der Waals surface area (Å²) in [5.41, 5.74) is 11.3. The van der Waals surface area contributed by atoms with Crippen molar-refractivity contribution < 1.29 is 4.74 Å². The van der Waals surface area contributed by atoms with Crippen LogP contribution in [0.15, 0.2) is 69.3 Å². The van der Waals surface area contributed by atoms with Gasteiger partial charge in [-0.2, -0.15) is 4.99 Å². The van der Waals surface area contributed by atoms with Gasteiger partial charge >= 0.3 is 0 Å². The van der Waals surface area contributed by atoms with Crippen molar-refractivity contribution in [2.45, 2.75) is 78.3 Å². The van der Waals surface area contributed by atoms with Crippen molar-refractivity contribution in [3.63, 3.8) is 0 Å². The highest BCUT2D eigenvalue weighted by atomic mass is 16.5. The number of hydrogen-bond donors (Lipinski definition) is 2. The van der Waals surface area contributed by atoms with E-state index in [0.717, 1.165) is 75.0 Å². The molecule has 7 heteroatoms. The van der Waals surface area contributed by atoms with Crippen LogP contribution in [0.4, 0.5) is 0 Å². The van der Waals surface area contributed by atoms with Crippen molar-refractivity contribution in [1.82, 2.24) is 15.1 Å². The highest BCUT2D eigenvalue weighted by molar-refractivity contribution is 6.03. The first-order chi connectivity index (χ1) is 18.4. The van der Waals surface area contributed by atoms with Crippen LogP contribution in [0.1, 0.15) is 70.4 Å². The molecule has 2 saturated heterocycles. The summed E-state index contributed by atoms with van der Waals surface area (Å²) in [5.74, 6) is 3.32. The van der Waals surface area contributed by atoms with Gasteiger partial charge in [-0.15, -0.1) is 0 Å². The number of unbranched alkanes of at least 4 members (excludes halogenated alkanes) is 1. The first-order valence-corrected chi connectivity index (χ1v) is 14.3. The maximum absolute atomic E-state index is 6.31. The van der Waals surface area contributed by atoms with E-state index < -0.39 is 0 Å². The SMILES string of the molecule is CC/C=C(N)/N=C(\c1ccccc1C)N1CCC(/C(=N\C(=C\CCC)OC)N2CC3CCC(C2)N3)=C(C)C1. The molecule has 1 aromatic carbocycles. The molecule has 206 valence electrons. The Balaban J connectivity index is 1.69. The Morgan fingerprint density at radius 1 is 1.05 bits per heavy atom. The van der Waals surface area contributed by atoms with Gasteiger partial charge in [0.05, 0.1) is 7.11 Å². The third-order valence-corrected chi connectivity index (χ3v) is 7.73. The van der Waals surface area contributed by atoms with E-state index in [4.69, 9.17) is 20.5 Å². The molecule has 0 aliphatic carbocycles. The zero-order valence-electron chi connectivity index (χ0n) is 24.0. The van der Waals surface area contributed by atoms with Crippen LogP contribution in [-0.2, 0) is 4.74 Å². The maximum Gasteiger partial charge on any atom is 0.210 e. The van der Waals surface area contributed by atoms with Crippen molar-refractivity contribution in [2.75, 3.05) is 33.3 Å². The van der Waals surface area contributed by atoms with Gasteiger partial charge in [-0.3, -0.25) is 0 Å². The number of aliphatic imine (C=N–C) groups is 2. The number of hydrogen-bond acceptors (Lipinski definition) is 5. The van der Waals surface area contributed by atoms with Crippen molar-refractivity contribution >= 4 is 11.7 Å². The molecule has 3 heterocycles. The molecule has 2 atom stereocenters. The molecule has 38 heavy (non-hydrogen) atoms. The third kappa shape index (κ3) is 6.68. The van der Waals surface area contributed by atoms with Crippen molar-refractivity contribution in [2.24, 2.45) is 15.7 Å². The second kappa shape index (κ2) is 13.1. The zero-order valence-corrected chi connectivity index (χ0v) is 24.0. The smallest absolute Gasteiger partial charge is 0.210 e. The summed E-state index contributed by atoms with van der Waals surface area (Å²) in [5, 5.41) is 3.77. The van der Waals surface area contributed by atoms with Crippen LogP contribution in [0.2, 0.25) is 0 Å². The van der Waals surface area contributed by atoms with Gasteiger partial charge < -0.3 is 25.6 Å². The molecule has 4 rings (SSSR count). The fourth-order valence-corrected chi connectivity index (χ4v) is 5.75. The van der Waals surface area contributed by atoms with E-state index in [1.807, 2.05) is 6.08 Å². The predicted molar refractivity (Wildman–Crippen MR) is 158 cm³/mol. The Hall–Kier alpha value is -3.06. The third-order valence-electron chi connectivity index (χ3n) is 7.73. The fourth-order valence-electron chi connectivity index (χ4n) is 5.75. The van der Waals surface area contributed by atoms with Crippen LogP contribution >= 0.6 is 0 Å². The fraction of sp³-hybridized carbons (Fsp3) is 0.548. The van der Waals surface area contributed by atoms with Gasteiger partial charge in [0.1, 0.15) is 17.5 Å². The topological polar surface area (TPSA) is 78.5 Å². The number of amidine groups is 2. The van der Waals surface area contributed by atoms with E-state index in [0.29, 0.717) is 17.9 Å². The van der Waals surface area contributed by atoms with E-state index in [1.54, 1.807) is 7.11 Å². The molecule has 0 amide bonds. The van der Waals surface area contributed by atoms with Crippen LogP contribution < -0.4 is 11.1 Å². The number of fused-ring (bicyclic) bond motifs is 2. The lowest BCUT2D eigenvalue weighted by molar-refractivity contribution is 0.271. The second-order valence-corrected chi connectivity index (χ2v) is 10.7. The van der Waals surface area contributed by atoms with E-state index >= 15 is 0 Å². The summed E-state index contributed by atoms with van der Waals surface area (Å²) >= 11 is 0. The van der Waals surface area contributed by atoms with E-state index in [-0.39, 0.29) is 0 Å². The van der Waals surface area contributed by atoms with Crippen molar-refractivity contribution in [1.29, 1.82) is 0 Å². The summed E-state index contributed by atoms with van der Waals surface area (Å²) in [6.07, 6.45) is 10.4. The molecule has 0 saturated carbocycles. The minimum absolute atomic E-state index is 0.540. The molecule has 2 bridgehead atoms. The molecule has 7 nitrogen and oxygen atoms in total. The molecule has 2 fully saturated rings. The van der Waals surface area contributed by atoms with Crippen molar-refractivity contribution in [3.05, 3.63) is 70.4 Å². The minimum atomic E-state index is 0.540. The van der Waals surface area contributed by atoms with Gasteiger partial charge in [0, 0.05) is 43.8 Å². The maximum atomic E-state index is 6.31. The Labute approximate surface area is 229 Å². The lowest BCUT2D eigenvalue weighted by Gasteiger charge is -2.39. The standard InChI is InChI=1S/C31H46N6O/c1-6-8-14-29(38-5)35-31(37-20-24-15-16-25(21-37)33-24)27-17-18-36(19-23(27)4)30(34-28(32)11-7-2)26-13-10-9-12-22(26)3/h9-14,24-25,33H,6-8,15-21,32H2,1-5H3/b28-11+,29-14-,34-30+,35-31+. The first kappa shape index (κ1) is 28.0. The van der Waals surface area contributed by atoms with Crippen LogP contribution in [0.3, 0.4) is 0 Å². The number of methoxy groups -OCH3 is 1. The molecule has 3 aliphatic heterocycles. The van der Waals surface area contributed by atoms with Crippen LogP contribution in [-0.4, -0.2) is 66.8 Å². The van der Waals surface area contributed by atoms with E-state index in [2.05, 4.69) is 73.2 Å². The average molecular weight is 519 g/mol. The van der Waals surface area contributed by atoms with Gasteiger partial charge in [0.25, 0.3) is 0 Å². The molecular weight excluding hydrogens is 472 g/mol. The van der Waals surface area contributed by atoms with Crippen LogP contribution in [0.5, 0.6) is 0 Å². The Morgan fingerprint density at radius 2 is 1.79 bits per heavy atom. The Kier molecular flexibility index (Phi) is 9.67. The highest BCUT2D eigenvalue weighted by Crippen LogP contribution is 2.28. The summed E-state index contributed by atoms with van der Waals surface area (Å²) in [7, 11) is 1.73. The van der Waals surface area contributed by atoms with Crippen molar-refractivity contribution in [3.8, 4) is 0 Å². The van der Waals surface area contributed by atoms with Gasteiger partial charge in [-0.05, 0) is 74.8 Å². The first-order valence-electron chi connectivity index (χ1n) is 14.3. The summed E-state index contributed by atoms with van der Waals surface area (Å²) < 4.78 is 5.73. The van der Waals surface area contributed by atoms with Gasteiger partial charge in [-0.25, -0.2) is 4.99 Å². The normalized spacial score (nSPS) is 23.4. The molecule has 0 radical (unpaired) electrons. The number of nitrogens with zero attached hydrogens (tertiary/aromatic N) is 4. The minimum Gasteiger partial charge on any atom is -0.481 e. The summed E-state index contributed by atoms with van der Waals surface area (Å²) in [6, 6.07) is 9.52. The van der Waals surface area contributed by atoms with Gasteiger partial charge in [-0.1, -0.05) is 44.5 Å². The van der Waals surface area contributed by atoms with E-state index in [1.165, 1.54) is 29.6 Å². The zero-order chi connectivity index (χ0) is 27.1. The molecule has 0 spiro atoms. The van der Waals surface area contributed by atoms with Gasteiger partial charge in [0.2, 0.25) is 5.88 Å². The van der Waals surface area contributed by atoms with Gasteiger partial charge in [0.15, 0.2) is 0 Å². The average Bonchev–Trinajstić information content (AvgIpc) is 3.25. The highest BCUT2D eigenvalue weighted by Gasteiger charge is 2.35. The van der Waals surface area contributed by atoms with E-state index in [9.17, 15) is 0 Å². The van der Waals surface area contributed by atoms with Crippen LogP contribution in [0, 0.1) is 6.92 Å². The predicted octanol–water partition coefficient (Wildman–Crippen LogP) is 5.10. The lowest BCUT2D eigenvalue weighted by atomic mass is 9.97. The summed E-state index contributed by atoms with van der Waals surface area (Å²) in [6.45, 7) is 12.3. The number of nitrogens with two attached hydrogens (primary N) is 1. The monoisotopic (exact) mass is 518 g/mol. The van der Waals surface area contributed by atoms with Crippen LogP contribution in [0.25, 0.3) is 0 Å². The molecular formula is C31H46N6O. The number of benzene rings is 1. The molecule has 0 aromatic heterocycles. The number of nitrogens with one attached hydrogen (secondary N) is 1. The second-order valence-electron chi connectivity index (χ2n) is 10.7. The number of rotatable bonds is 8. The number of allylic oxidation sites excluding steroid dienone is 2. The Bertz CT molecular complexity index is 1120.